The van der Waals surface area contributed by atoms with E-state index < -0.39 is 10.0 Å². The number of anilines is 2. The zero-order chi connectivity index (χ0) is 15.6. The van der Waals surface area contributed by atoms with Crippen LogP contribution in [0.2, 0.25) is 5.02 Å². The van der Waals surface area contributed by atoms with E-state index in [1.807, 2.05) is 6.92 Å². The lowest BCUT2D eigenvalue weighted by Crippen LogP contribution is -2.15. The van der Waals surface area contributed by atoms with E-state index >= 15 is 0 Å². The molecular weight excluding hydrogens is 316 g/mol. The van der Waals surface area contributed by atoms with Crippen molar-refractivity contribution < 1.29 is 8.42 Å². The number of hydrazine groups is 1. The van der Waals surface area contributed by atoms with E-state index in [4.69, 9.17) is 17.4 Å². The second-order valence-electron chi connectivity index (χ2n) is 4.27. The van der Waals surface area contributed by atoms with Gasteiger partial charge < -0.3 is 5.43 Å². The fourth-order valence-corrected chi connectivity index (χ4v) is 3.09. The molecule has 0 fully saturated rings. The molecule has 114 valence electrons. The van der Waals surface area contributed by atoms with E-state index in [0.29, 0.717) is 17.8 Å². The maximum Gasteiger partial charge on any atom is 0.263 e. The number of aryl methyl sites for hydroxylation is 2. The summed E-state index contributed by atoms with van der Waals surface area (Å²) >= 11 is 5.89. The van der Waals surface area contributed by atoms with Gasteiger partial charge in [-0.1, -0.05) is 18.5 Å². The van der Waals surface area contributed by atoms with Gasteiger partial charge in [-0.2, -0.15) is 5.10 Å². The normalized spacial score (nSPS) is 11.4. The van der Waals surface area contributed by atoms with Crippen LogP contribution in [0.4, 0.5) is 11.5 Å². The van der Waals surface area contributed by atoms with E-state index in [1.165, 1.54) is 12.3 Å². The van der Waals surface area contributed by atoms with E-state index in [1.54, 1.807) is 17.9 Å². The topological polar surface area (TPSA) is 115 Å². The Morgan fingerprint density at radius 3 is 2.76 bits per heavy atom. The van der Waals surface area contributed by atoms with Gasteiger partial charge in [-0.05, 0) is 12.5 Å². The third-order valence-electron chi connectivity index (χ3n) is 2.75. The van der Waals surface area contributed by atoms with Crippen LogP contribution in [0.3, 0.4) is 0 Å². The van der Waals surface area contributed by atoms with Crippen molar-refractivity contribution >= 4 is 33.1 Å². The van der Waals surface area contributed by atoms with Gasteiger partial charge in [-0.15, -0.1) is 0 Å². The van der Waals surface area contributed by atoms with Gasteiger partial charge in [-0.3, -0.25) is 9.40 Å². The minimum absolute atomic E-state index is 0.0580. The minimum atomic E-state index is -3.80. The van der Waals surface area contributed by atoms with Gasteiger partial charge in [0, 0.05) is 19.4 Å². The Labute approximate surface area is 127 Å². The number of aromatic nitrogens is 3. The Morgan fingerprint density at radius 1 is 1.48 bits per heavy atom. The highest BCUT2D eigenvalue weighted by molar-refractivity contribution is 7.92. The van der Waals surface area contributed by atoms with E-state index in [-0.39, 0.29) is 15.7 Å². The standard InChI is InChI=1S/C11H15ClN6O2S/c1-3-9-10(6-18(2)16-9)17-21(19,20)7-4-8(12)11(15-13)14-5-7/h4-6,17H,3,13H2,1-2H3,(H,14,15). The number of hydrogen-bond donors (Lipinski definition) is 3. The number of nitrogen functional groups attached to an aromatic ring is 1. The van der Waals surface area contributed by atoms with E-state index in [0.717, 1.165) is 0 Å². The first-order valence-electron chi connectivity index (χ1n) is 6.05. The summed E-state index contributed by atoms with van der Waals surface area (Å²) in [5.74, 6) is 5.40. The van der Waals surface area contributed by atoms with Crippen molar-refractivity contribution in [1.29, 1.82) is 0 Å². The summed E-state index contributed by atoms with van der Waals surface area (Å²) in [5.41, 5.74) is 3.35. The van der Waals surface area contributed by atoms with Gasteiger partial charge >= 0.3 is 0 Å². The van der Waals surface area contributed by atoms with Crippen molar-refractivity contribution in [3.63, 3.8) is 0 Å². The third-order valence-corrected chi connectivity index (χ3v) is 4.37. The molecule has 21 heavy (non-hydrogen) atoms. The Kier molecular flexibility index (Phi) is 4.35. The molecule has 0 amide bonds. The van der Waals surface area contributed by atoms with Crippen LogP contribution in [-0.4, -0.2) is 23.2 Å². The number of nitrogens with zero attached hydrogens (tertiary/aromatic N) is 3. The molecule has 2 heterocycles. The highest BCUT2D eigenvalue weighted by Gasteiger charge is 2.19. The molecule has 0 spiro atoms. The fourth-order valence-electron chi connectivity index (χ4n) is 1.76. The molecule has 0 radical (unpaired) electrons. The monoisotopic (exact) mass is 330 g/mol. The predicted molar refractivity (Wildman–Crippen MR) is 80.5 cm³/mol. The molecule has 0 saturated carbocycles. The van der Waals surface area contributed by atoms with Gasteiger partial charge in [0.15, 0.2) is 5.82 Å². The van der Waals surface area contributed by atoms with E-state index in [9.17, 15) is 8.42 Å². The summed E-state index contributed by atoms with van der Waals surface area (Å²) in [6.45, 7) is 1.89. The molecule has 2 aromatic rings. The van der Waals surface area contributed by atoms with E-state index in [2.05, 4.69) is 20.2 Å². The lowest BCUT2D eigenvalue weighted by atomic mass is 10.3. The van der Waals surface area contributed by atoms with Crippen molar-refractivity contribution in [1.82, 2.24) is 14.8 Å². The minimum Gasteiger partial charge on any atom is -0.307 e. The molecule has 0 aliphatic heterocycles. The summed E-state index contributed by atoms with van der Waals surface area (Å²) in [6.07, 6.45) is 3.38. The van der Waals surface area contributed by atoms with Crippen LogP contribution in [0.15, 0.2) is 23.4 Å². The maximum absolute atomic E-state index is 12.3. The lowest BCUT2D eigenvalue weighted by molar-refractivity contribution is 0.601. The van der Waals surface area contributed by atoms with Crippen LogP contribution in [0.25, 0.3) is 0 Å². The molecule has 10 heteroatoms. The average molecular weight is 331 g/mol. The van der Waals surface area contributed by atoms with Crippen LogP contribution in [0.5, 0.6) is 0 Å². The molecule has 0 aliphatic carbocycles. The highest BCUT2D eigenvalue weighted by Crippen LogP contribution is 2.24. The highest BCUT2D eigenvalue weighted by atomic mass is 35.5. The van der Waals surface area contributed by atoms with Gasteiger partial charge in [0.25, 0.3) is 10.0 Å². The van der Waals surface area contributed by atoms with Crippen molar-refractivity contribution in [3.8, 4) is 0 Å². The molecule has 2 rings (SSSR count). The van der Waals surface area contributed by atoms with Gasteiger partial charge in [0.05, 0.1) is 16.4 Å². The zero-order valence-electron chi connectivity index (χ0n) is 11.5. The molecular formula is C11H15ClN6O2S. The predicted octanol–water partition coefficient (Wildman–Crippen LogP) is 1.12. The largest absolute Gasteiger partial charge is 0.307 e. The molecule has 8 nitrogen and oxygen atoms in total. The molecule has 2 aromatic heterocycles. The first kappa shape index (κ1) is 15.5. The van der Waals surface area contributed by atoms with Gasteiger partial charge in [0.1, 0.15) is 4.90 Å². The quantitative estimate of drug-likeness (QED) is 0.559. The number of sulfonamides is 1. The van der Waals surface area contributed by atoms with Crippen LogP contribution < -0.4 is 16.0 Å². The SMILES string of the molecule is CCc1nn(C)cc1NS(=O)(=O)c1cnc(NN)c(Cl)c1. The van der Waals surface area contributed by atoms with Crippen LogP contribution in [-0.2, 0) is 23.5 Å². The van der Waals surface area contributed by atoms with Gasteiger partial charge in [0.2, 0.25) is 0 Å². The first-order chi connectivity index (χ1) is 9.87. The number of rotatable bonds is 5. The molecule has 4 N–H and O–H groups in total. The number of nitrogens with two attached hydrogens (primary N) is 1. The summed E-state index contributed by atoms with van der Waals surface area (Å²) < 4.78 is 28.7. The molecule has 0 unspecified atom stereocenters. The summed E-state index contributed by atoms with van der Waals surface area (Å²) in [7, 11) is -2.08. The Bertz CT molecular complexity index is 758. The second kappa shape index (κ2) is 5.88. The molecule has 0 aliphatic rings. The third kappa shape index (κ3) is 3.26. The Hall–Kier alpha value is -1.84. The second-order valence-corrected chi connectivity index (χ2v) is 6.36. The van der Waals surface area contributed by atoms with Crippen LogP contribution in [0, 0.1) is 0 Å². The number of halogens is 1. The Morgan fingerprint density at radius 2 is 2.19 bits per heavy atom. The van der Waals surface area contributed by atoms with Crippen molar-refractivity contribution in [2.75, 3.05) is 10.1 Å². The Balaban J connectivity index is 2.36. The number of hydrogen-bond acceptors (Lipinski definition) is 6. The molecule has 0 aromatic carbocycles. The summed E-state index contributed by atoms with van der Waals surface area (Å²) in [5, 5.41) is 4.29. The maximum atomic E-state index is 12.3. The number of nitrogens with one attached hydrogen (secondary N) is 2. The van der Waals surface area contributed by atoms with Crippen LogP contribution >= 0.6 is 11.6 Å². The van der Waals surface area contributed by atoms with Crippen molar-refractivity contribution in [3.05, 3.63) is 29.2 Å². The van der Waals surface area contributed by atoms with Crippen molar-refractivity contribution in [2.24, 2.45) is 12.9 Å². The van der Waals surface area contributed by atoms with Gasteiger partial charge in [-0.25, -0.2) is 19.2 Å². The number of pyridine rings is 1. The zero-order valence-corrected chi connectivity index (χ0v) is 13.0. The average Bonchev–Trinajstić information content (AvgIpc) is 2.77. The molecule has 0 saturated heterocycles. The summed E-state index contributed by atoms with van der Waals surface area (Å²) in [4.78, 5) is 3.79. The fraction of sp³-hybridized carbons (Fsp3) is 0.273. The smallest absolute Gasteiger partial charge is 0.263 e. The lowest BCUT2D eigenvalue weighted by Gasteiger charge is -2.09. The first-order valence-corrected chi connectivity index (χ1v) is 7.91. The van der Waals surface area contributed by atoms with Crippen molar-refractivity contribution in [2.45, 2.75) is 18.2 Å². The molecule has 0 bridgehead atoms. The summed E-state index contributed by atoms with van der Waals surface area (Å²) in [6, 6.07) is 1.27. The van der Waals surface area contributed by atoms with Crippen LogP contribution in [0.1, 0.15) is 12.6 Å². The molecule has 0 atom stereocenters.